The van der Waals surface area contributed by atoms with E-state index in [1.165, 1.54) is 0 Å². The molecule has 1 aromatic heterocycles. The second kappa shape index (κ2) is 6.41. The van der Waals surface area contributed by atoms with Crippen molar-refractivity contribution in [1.82, 2.24) is 9.78 Å². The lowest BCUT2D eigenvalue weighted by Crippen LogP contribution is -2.22. The SMILES string of the molecule is Cc1nn(Cc2ccccc2)c2c1[C@@H](c1ccccc1)C(C#N)=C(N)O2. The van der Waals surface area contributed by atoms with Crippen LogP contribution >= 0.6 is 0 Å². The number of aromatic nitrogens is 2. The van der Waals surface area contributed by atoms with Crippen LogP contribution in [0.2, 0.25) is 0 Å². The van der Waals surface area contributed by atoms with E-state index in [-0.39, 0.29) is 11.8 Å². The van der Waals surface area contributed by atoms with Crippen molar-refractivity contribution in [1.29, 1.82) is 5.26 Å². The van der Waals surface area contributed by atoms with Gasteiger partial charge in [0.2, 0.25) is 11.8 Å². The molecule has 0 amide bonds. The number of nitrogens with two attached hydrogens (primary N) is 1. The minimum absolute atomic E-state index is 0.142. The monoisotopic (exact) mass is 342 g/mol. The fraction of sp³-hybridized carbons (Fsp3) is 0.143. The van der Waals surface area contributed by atoms with E-state index in [1.807, 2.05) is 72.3 Å². The van der Waals surface area contributed by atoms with E-state index < -0.39 is 0 Å². The first kappa shape index (κ1) is 16.0. The minimum atomic E-state index is -0.269. The highest BCUT2D eigenvalue weighted by Crippen LogP contribution is 2.43. The summed E-state index contributed by atoms with van der Waals surface area (Å²) in [6, 6.07) is 22.1. The fourth-order valence-electron chi connectivity index (χ4n) is 3.42. The minimum Gasteiger partial charge on any atom is -0.422 e. The van der Waals surface area contributed by atoms with Crippen LogP contribution in [-0.4, -0.2) is 9.78 Å². The molecule has 5 nitrogen and oxygen atoms in total. The Bertz CT molecular complexity index is 1010. The van der Waals surface area contributed by atoms with Crippen molar-refractivity contribution in [2.75, 3.05) is 0 Å². The van der Waals surface area contributed by atoms with Gasteiger partial charge < -0.3 is 10.5 Å². The quantitative estimate of drug-likeness (QED) is 0.791. The number of hydrogen-bond acceptors (Lipinski definition) is 4. The van der Waals surface area contributed by atoms with Gasteiger partial charge in [0.25, 0.3) is 0 Å². The van der Waals surface area contributed by atoms with Crippen molar-refractivity contribution in [3.8, 4) is 11.9 Å². The number of hydrogen-bond donors (Lipinski definition) is 1. The Hall–Kier alpha value is -3.52. The molecule has 3 aromatic rings. The van der Waals surface area contributed by atoms with E-state index in [2.05, 4.69) is 11.2 Å². The Kier molecular flexibility index (Phi) is 3.94. The third-order valence-electron chi connectivity index (χ3n) is 4.60. The number of nitrogens with zero attached hydrogens (tertiary/aromatic N) is 3. The molecule has 26 heavy (non-hydrogen) atoms. The standard InChI is InChI=1S/C21H18N4O/c1-14-18-19(16-10-6-3-7-11-16)17(12-22)20(23)26-21(18)25(24-14)13-15-8-4-2-5-9-15/h2-11,19H,13,23H2,1H3/t19-/m0/s1. The molecule has 0 unspecified atom stereocenters. The van der Waals surface area contributed by atoms with Gasteiger partial charge in [-0.1, -0.05) is 60.7 Å². The number of allylic oxidation sites excluding steroid dienone is 1. The molecule has 0 bridgehead atoms. The molecular weight excluding hydrogens is 324 g/mol. The van der Waals surface area contributed by atoms with Gasteiger partial charge in [-0.3, -0.25) is 0 Å². The molecule has 1 atom stereocenters. The van der Waals surface area contributed by atoms with Gasteiger partial charge >= 0.3 is 0 Å². The third-order valence-corrected chi connectivity index (χ3v) is 4.60. The van der Waals surface area contributed by atoms with E-state index in [0.717, 1.165) is 22.4 Å². The van der Waals surface area contributed by atoms with E-state index >= 15 is 0 Å². The smallest absolute Gasteiger partial charge is 0.224 e. The molecule has 0 saturated heterocycles. The summed E-state index contributed by atoms with van der Waals surface area (Å²) in [5.41, 5.74) is 10.4. The van der Waals surface area contributed by atoms with Gasteiger partial charge in [0.05, 0.1) is 23.7 Å². The molecule has 2 heterocycles. The average Bonchev–Trinajstić information content (AvgIpc) is 2.97. The number of rotatable bonds is 3. The lowest BCUT2D eigenvalue weighted by Gasteiger charge is -2.24. The zero-order valence-electron chi connectivity index (χ0n) is 14.4. The van der Waals surface area contributed by atoms with Crippen LogP contribution in [0.3, 0.4) is 0 Å². The van der Waals surface area contributed by atoms with Gasteiger partial charge in [-0.2, -0.15) is 10.4 Å². The second-order valence-electron chi connectivity index (χ2n) is 6.28. The Morgan fingerprint density at radius 2 is 1.77 bits per heavy atom. The van der Waals surface area contributed by atoms with Crippen LogP contribution in [-0.2, 0) is 6.54 Å². The molecule has 0 radical (unpaired) electrons. The lowest BCUT2D eigenvalue weighted by atomic mass is 9.84. The van der Waals surface area contributed by atoms with E-state index in [0.29, 0.717) is 18.0 Å². The van der Waals surface area contributed by atoms with Crippen molar-refractivity contribution in [2.24, 2.45) is 5.73 Å². The molecule has 0 fully saturated rings. The van der Waals surface area contributed by atoms with Crippen LogP contribution in [0.25, 0.3) is 0 Å². The first-order chi connectivity index (χ1) is 12.7. The maximum atomic E-state index is 9.66. The van der Waals surface area contributed by atoms with Crippen LogP contribution in [0.4, 0.5) is 0 Å². The summed E-state index contributed by atoms with van der Waals surface area (Å²) in [6.07, 6.45) is 0. The average molecular weight is 342 g/mol. The molecule has 0 aliphatic carbocycles. The Balaban J connectivity index is 1.85. The Morgan fingerprint density at radius 3 is 2.42 bits per heavy atom. The van der Waals surface area contributed by atoms with Gasteiger partial charge in [-0.25, -0.2) is 4.68 Å². The highest BCUT2D eigenvalue weighted by atomic mass is 16.5. The third kappa shape index (κ3) is 2.62. The maximum absolute atomic E-state index is 9.66. The molecule has 4 rings (SSSR count). The number of benzene rings is 2. The summed E-state index contributed by atoms with van der Waals surface area (Å²) in [6.45, 7) is 2.52. The van der Waals surface area contributed by atoms with Gasteiger partial charge in [0.1, 0.15) is 11.6 Å². The normalized spacial score (nSPS) is 15.9. The van der Waals surface area contributed by atoms with Crippen LogP contribution in [0, 0.1) is 18.3 Å². The van der Waals surface area contributed by atoms with Crippen LogP contribution in [0.5, 0.6) is 5.88 Å². The summed E-state index contributed by atoms with van der Waals surface area (Å²) in [4.78, 5) is 0. The highest BCUT2D eigenvalue weighted by molar-refractivity contribution is 5.55. The Morgan fingerprint density at radius 1 is 1.12 bits per heavy atom. The molecular formula is C21H18N4O. The van der Waals surface area contributed by atoms with Crippen molar-refractivity contribution in [3.63, 3.8) is 0 Å². The predicted octanol–water partition coefficient (Wildman–Crippen LogP) is 3.46. The molecule has 1 aliphatic heterocycles. The fourth-order valence-corrected chi connectivity index (χ4v) is 3.42. The van der Waals surface area contributed by atoms with Gasteiger partial charge in [-0.05, 0) is 18.1 Å². The van der Waals surface area contributed by atoms with E-state index in [4.69, 9.17) is 10.5 Å². The maximum Gasteiger partial charge on any atom is 0.224 e. The summed E-state index contributed by atoms with van der Waals surface area (Å²) < 4.78 is 7.66. The molecule has 2 aromatic carbocycles. The van der Waals surface area contributed by atoms with E-state index in [1.54, 1.807) is 0 Å². The summed E-state index contributed by atoms with van der Waals surface area (Å²) in [7, 11) is 0. The summed E-state index contributed by atoms with van der Waals surface area (Å²) in [5.74, 6) is 0.481. The Labute approximate surface area is 151 Å². The van der Waals surface area contributed by atoms with Crippen molar-refractivity contribution >= 4 is 0 Å². The van der Waals surface area contributed by atoms with Crippen molar-refractivity contribution < 1.29 is 4.74 Å². The first-order valence-corrected chi connectivity index (χ1v) is 8.42. The van der Waals surface area contributed by atoms with Crippen molar-refractivity contribution in [3.05, 3.63) is 94.5 Å². The topological polar surface area (TPSA) is 76.9 Å². The van der Waals surface area contributed by atoms with Crippen LogP contribution in [0.15, 0.2) is 72.1 Å². The second-order valence-corrected chi connectivity index (χ2v) is 6.28. The number of ether oxygens (including phenoxy) is 1. The zero-order valence-corrected chi connectivity index (χ0v) is 14.4. The number of fused-ring (bicyclic) bond motifs is 1. The van der Waals surface area contributed by atoms with Gasteiger partial charge in [0.15, 0.2) is 0 Å². The first-order valence-electron chi connectivity index (χ1n) is 8.42. The molecule has 128 valence electrons. The van der Waals surface area contributed by atoms with Gasteiger partial charge in [0, 0.05) is 0 Å². The number of nitriles is 1. The highest BCUT2D eigenvalue weighted by Gasteiger charge is 2.35. The van der Waals surface area contributed by atoms with Crippen LogP contribution in [0.1, 0.15) is 28.3 Å². The van der Waals surface area contributed by atoms with Gasteiger partial charge in [-0.15, -0.1) is 0 Å². The lowest BCUT2D eigenvalue weighted by molar-refractivity contribution is 0.352. The molecule has 0 saturated carbocycles. The van der Waals surface area contributed by atoms with E-state index in [9.17, 15) is 5.26 Å². The zero-order chi connectivity index (χ0) is 18.1. The molecule has 1 aliphatic rings. The summed E-state index contributed by atoms with van der Waals surface area (Å²) >= 11 is 0. The summed E-state index contributed by atoms with van der Waals surface area (Å²) in [5, 5.41) is 14.3. The van der Waals surface area contributed by atoms with Crippen molar-refractivity contribution in [2.45, 2.75) is 19.4 Å². The molecule has 0 spiro atoms. The predicted molar refractivity (Wildman–Crippen MR) is 98.2 cm³/mol. The molecule has 2 N–H and O–H groups in total. The van der Waals surface area contributed by atoms with Crippen LogP contribution < -0.4 is 10.5 Å². The molecule has 5 heteroatoms. The largest absolute Gasteiger partial charge is 0.422 e. The number of aryl methyl sites for hydroxylation is 1.